The number of carbonyl (C=O) groups is 1. The number of thiocarbonyl (C=S) groups is 1. The van der Waals surface area contributed by atoms with Crippen molar-refractivity contribution in [3.05, 3.63) is 0 Å². The van der Waals surface area contributed by atoms with Crippen LogP contribution in [0.1, 0.15) is 19.8 Å². The zero-order valence-corrected chi connectivity index (χ0v) is 12.1. The number of nitrogens with zero attached hydrogens (tertiary/aromatic N) is 2. The third-order valence-corrected chi connectivity index (χ3v) is 3.77. The molecule has 0 aromatic carbocycles. The summed E-state index contributed by atoms with van der Waals surface area (Å²) >= 11 is 5.10. The van der Waals surface area contributed by atoms with Crippen LogP contribution in [0, 0.1) is 0 Å². The summed E-state index contributed by atoms with van der Waals surface area (Å²) in [6.45, 7) is 6.86. The Morgan fingerprint density at radius 1 is 1.39 bits per heavy atom. The first kappa shape index (κ1) is 15.3. The van der Waals surface area contributed by atoms with Crippen molar-refractivity contribution in [2.24, 2.45) is 5.73 Å². The average Bonchev–Trinajstić information content (AvgIpc) is 2.37. The molecule has 1 unspecified atom stereocenters. The smallest absolute Gasteiger partial charge is 0.221 e. The number of hydrogen-bond acceptors (Lipinski definition) is 4. The van der Waals surface area contributed by atoms with Crippen molar-refractivity contribution < 1.29 is 4.79 Å². The summed E-state index contributed by atoms with van der Waals surface area (Å²) in [5.74, 6) is 0.104. The van der Waals surface area contributed by atoms with E-state index in [1.165, 1.54) is 0 Å². The summed E-state index contributed by atoms with van der Waals surface area (Å²) < 4.78 is 0. The van der Waals surface area contributed by atoms with Crippen LogP contribution in [0.4, 0.5) is 0 Å². The number of carbonyl (C=O) groups excluding carboxylic acids is 1. The van der Waals surface area contributed by atoms with Gasteiger partial charge < -0.3 is 16.0 Å². The van der Waals surface area contributed by atoms with Crippen LogP contribution in [-0.2, 0) is 4.79 Å². The molecule has 1 fully saturated rings. The van der Waals surface area contributed by atoms with Gasteiger partial charge >= 0.3 is 0 Å². The van der Waals surface area contributed by atoms with Crippen LogP contribution in [0.5, 0.6) is 0 Å². The van der Waals surface area contributed by atoms with Crippen LogP contribution in [0.15, 0.2) is 0 Å². The summed E-state index contributed by atoms with van der Waals surface area (Å²) in [5, 5.41) is 2.65. The fourth-order valence-corrected chi connectivity index (χ4v) is 2.64. The monoisotopic (exact) mass is 272 g/mol. The normalized spacial score (nSPS) is 19.4. The van der Waals surface area contributed by atoms with E-state index in [0.717, 1.165) is 39.1 Å². The number of rotatable bonds is 6. The zero-order chi connectivity index (χ0) is 13.5. The van der Waals surface area contributed by atoms with Crippen molar-refractivity contribution in [2.75, 3.05) is 39.8 Å². The van der Waals surface area contributed by atoms with E-state index >= 15 is 0 Å². The molecule has 1 amide bonds. The molecule has 0 aromatic heterocycles. The lowest BCUT2D eigenvalue weighted by Crippen LogP contribution is -2.53. The summed E-state index contributed by atoms with van der Waals surface area (Å²) in [6, 6.07) is 0.223. The Bertz CT molecular complexity index is 290. The van der Waals surface area contributed by atoms with Crippen molar-refractivity contribution in [3.63, 3.8) is 0 Å². The molecule has 1 aliphatic rings. The Hall–Kier alpha value is -0.720. The first-order chi connectivity index (χ1) is 8.58. The predicted octanol–water partition coefficient (Wildman–Crippen LogP) is -0.195. The maximum Gasteiger partial charge on any atom is 0.221 e. The molecule has 104 valence electrons. The van der Waals surface area contributed by atoms with E-state index in [1.807, 2.05) is 0 Å². The van der Waals surface area contributed by atoms with E-state index < -0.39 is 0 Å². The van der Waals surface area contributed by atoms with Crippen LogP contribution in [0.25, 0.3) is 0 Å². The van der Waals surface area contributed by atoms with Crippen molar-refractivity contribution in [1.29, 1.82) is 0 Å². The molecule has 3 N–H and O–H groups in total. The number of amides is 1. The highest BCUT2D eigenvalue weighted by atomic mass is 32.1. The molecule has 6 heteroatoms. The van der Waals surface area contributed by atoms with Gasteiger partial charge in [-0.2, -0.15) is 0 Å². The minimum atomic E-state index is 0.104. The molecule has 18 heavy (non-hydrogen) atoms. The quantitative estimate of drug-likeness (QED) is 0.656. The standard InChI is InChI=1S/C12H24N4OS/c1-3-10(12(13)18)16-8-6-15(7-9-16)5-4-11(17)14-2/h10H,3-9H2,1-2H3,(H2,13,18)(H,14,17). The summed E-state index contributed by atoms with van der Waals surface area (Å²) in [7, 11) is 1.67. The molecular weight excluding hydrogens is 248 g/mol. The maximum atomic E-state index is 11.2. The highest BCUT2D eigenvalue weighted by Gasteiger charge is 2.24. The molecule has 1 heterocycles. The minimum Gasteiger partial charge on any atom is -0.392 e. The number of hydrogen-bond donors (Lipinski definition) is 2. The lowest BCUT2D eigenvalue weighted by Gasteiger charge is -2.38. The van der Waals surface area contributed by atoms with E-state index in [0.29, 0.717) is 11.4 Å². The summed E-state index contributed by atoms with van der Waals surface area (Å²) in [5.41, 5.74) is 5.75. The molecule has 5 nitrogen and oxygen atoms in total. The van der Waals surface area contributed by atoms with Gasteiger partial charge in [-0.3, -0.25) is 9.69 Å². The fraction of sp³-hybridized carbons (Fsp3) is 0.833. The summed E-state index contributed by atoms with van der Waals surface area (Å²) in [6.07, 6.45) is 1.54. The van der Waals surface area contributed by atoms with Gasteiger partial charge in [-0.1, -0.05) is 19.1 Å². The van der Waals surface area contributed by atoms with Crippen molar-refractivity contribution in [3.8, 4) is 0 Å². The van der Waals surface area contributed by atoms with E-state index in [-0.39, 0.29) is 11.9 Å². The number of piperazine rings is 1. The zero-order valence-electron chi connectivity index (χ0n) is 11.3. The Labute approximate surface area is 115 Å². The topological polar surface area (TPSA) is 61.6 Å². The Kier molecular flexibility index (Phi) is 6.52. The van der Waals surface area contributed by atoms with Crippen molar-refractivity contribution >= 4 is 23.1 Å². The van der Waals surface area contributed by atoms with Crippen molar-refractivity contribution in [2.45, 2.75) is 25.8 Å². The van der Waals surface area contributed by atoms with Gasteiger partial charge in [-0.05, 0) is 6.42 Å². The van der Waals surface area contributed by atoms with Gasteiger partial charge in [0.25, 0.3) is 0 Å². The number of nitrogens with one attached hydrogen (secondary N) is 1. The Balaban J connectivity index is 2.32. The number of nitrogens with two attached hydrogens (primary N) is 1. The summed E-state index contributed by atoms with van der Waals surface area (Å²) in [4.78, 5) is 16.4. The first-order valence-corrected chi connectivity index (χ1v) is 6.95. The largest absolute Gasteiger partial charge is 0.392 e. The molecule has 1 saturated heterocycles. The second-order valence-corrected chi connectivity index (χ2v) is 5.10. The second kappa shape index (κ2) is 7.66. The van der Waals surface area contributed by atoms with E-state index in [2.05, 4.69) is 22.0 Å². The van der Waals surface area contributed by atoms with Gasteiger partial charge in [0.1, 0.15) is 0 Å². The molecular formula is C12H24N4OS. The van der Waals surface area contributed by atoms with Crippen LogP contribution < -0.4 is 11.1 Å². The molecule has 0 bridgehead atoms. The molecule has 0 aromatic rings. The molecule has 0 saturated carbocycles. The third kappa shape index (κ3) is 4.51. The second-order valence-electron chi connectivity index (χ2n) is 4.63. The van der Waals surface area contributed by atoms with Gasteiger partial charge in [-0.25, -0.2) is 0 Å². The maximum absolute atomic E-state index is 11.2. The fourth-order valence-electron chi connectivity index (χ4n) is 2.32. The first-order valence-electron chi connectivity index (χ1n) is 6.54. The molecule has 1 atom stereocenters. The van der Waals surface area contributed by atoms with Gasteiger partial charge in [-0.15, -0.1) is 0 Å². The third-order valence-electron chi connectivity index (χ3n) is 3.50. The SMILES string of the molecule is CCC(C(N)=S)N1CCN(CCC(=O)NC)CC1. The van der Waals surface area contributed by atoms with Crippen molar-refractivity contribution in [1.82, 2.24) is 15.1 Å². The molecule has 0 aliphatic carbocycles. The van der Waals surface area contributed by atoms with Crippen LogP contribution in [0.2, 0.25) is 0 Å². The highest BCUT2D eigenvalue weighted by molar-refractivity contribution is 7.80. The van der Waals surface area contributed by atoms with Crippen LogP contribution in [0.3, 0.4) is 0 Å². The van der Waals surface area contributed by atoms with E-state index in [9.17, 15) is 4.79 Å². The average molecular weight is 272 g/mol. The lowest BCUT2D eigenvalue weighted by atomic mass is 10.1. The highest BCUT2D eigenvalue weighted by Crippen LogP contribution is 2.10. The van der Waals surface area contributed by atoms with Gasteiger partial charge in [0.2, 0.25) is 5.91 Å². The van der Waals surface area contributed by atoms with Crippen LogP contribution >= 0.6 is 12.2 Å². The van der Waals surface area contributed by atoms with Gasteiger partial charge in [0.05, 0.1) is 11.0 Å². The molecule has 1 aliphatic heterocycles. The Morgan fingerprint density at radius 3 is 2.44 bits per heavy atom. The minimum absolute atomic E-state index is 0.104. The van der Waals surface area contributed by atoms with Gasteiger partial charge in [0.15, 0.2) is 0 Å². The Morgan fingerprint density at radius 2 is 2.00 bits per heavy atom. The van der Waals surface area contributed by atoms with E-state index in [1.54, 1.807) is 7.05 Å². The van der Waals surface area contributed by atoms with E-state index in [4.69, 9.17) is 18.0 Å². The molecule has 0 spiro atoms. The molecule has 1 rings (SSSR count). The predicted molar refractivity (Wildman–Crippen MR) is 77.6 cm³/mol. The van der Waals surface area contributed by atoms with Gasteiger partial charge in [0, 0.05) is 46.2 Å². The van der Waals surface area contributed by atoms with Crippen LogP contribution in [-0.4, -0.2) is 66.5 Å². The molecule has 0 radical (unpaired) electrons. The lowest BCUT2D eigenvalue weighted by molar-refractivity contribution is -0.121.